The van der Waals surface area contributed by atoms with E-state index < -0.39 is 0 Å². The molecule has 0 aliphatic carbocycles. The van der Waals surface area contributed by atoms with Gasteiger partial charge >= 0.3 is 0 Å². The molecule has 0 aromatic carbocycles. The first-order chi connectivity index (χ1) is 8.18. The van der Waals surface area contributed by atoms with Crippen molar-refractivity contribution in [1.29, 1.82) is 0 Å². The Morgan fingerprint density at radius 2 is 2.35 bits per heavy atom. The Hall–Kier alpha value is -1.07. The number of rotatable bonds is 1. The monoisotopic (exact) mass is 254 g/mol. The van der Waals surface area contributed by atoms with Gasteiger partial charge in [-0.05, 0) is 18.8 Å². The topological polar surface area (TPSA) is 61.0 Å². The minimum absolute atomic E-state index is 0.201. The summed E-state index contributed by atoms with van der Waals surface area (Å²) in [7, 11) is 0. The van der Waals surface area contributed by atoms with Gasteiger partial charge in [0.1, 0.15) is 5.02 Å². The molecule has 3 unspecified atom stereocenters. The second kappa shape index (κ2) is 3.99. The Balaban J connectivity index is 1.95. The molecule has 17 heavy (non-hydrogen) atoms. The van der Waals surface area contributed by atoms with E-state index >= 15 is 0 Å². The summed E-state index contributed by atoms with van der Waals surface area (Å²) in [5.41, 5.74) is -0.265. The average molecular weight is 255 g/mol. The third-order valence-corrected chi connectivity index (χ3v) is 4.33. The number of aromatic amines is 1. The van der Waals surface area contributed by atoms with Crippen molar-refractivity contribution in [3.8, 4) is 0 Å². The van der Waals surface area contributed by atoms with Crippen LogP contribution in [0.1, 0.15) is 6.92 Å². The molecule has 0 spiro atoms. The molecular weight excluding hydrogens is 240 g/mol. The first kappa shape index (κ1) is 11.0. The summed E-state index contributed by atoms with van der Waals surface area (Å²) in [6.45, 7) is 5.20. The number of nitrogens with one attached hydrogen (secondary N) is 2. The minimum atomic E-state index is -0.265. The Morgan fingerprint density at radius 1 is 1.53 bits per heavy atom. The van der Waals surface area contributed by atoms with Crippen LogP contribution in [0.5, 0.6) is 0 Å². The SMILES string of the molecule is CC1C2CNCC2CN1c1nc[nH]c(=O)c1Cl. The van der Waals surface area contributed by atoms with Gasteiger partial charge in [-0.1, -0.05) is 11.6 Å². The van der Waals surface area contributed by atoms with Crippen LogP contribution < -0.4 is 15.8 Å². The van der Waals surface area contributed by atoms with Crippen molar-refractivity contribution < 1.29 is 0 Å². The summed E-state index contributed by atoms with van der Waals surface area (Å²) in [5.74, 6) is 1.90. The van der Waals surface area contributed by atoms with E-state index in [0.29, 0.717) is 23.7 Å². The molecule has 6 heteroatoms. The summed E-state index contributed by atoms with van der Waals surface area (Å²) in [6, 6.07) is 0.377. The third-order valence-electron chi connectivity index (χ3n) is 3.98. The molecule has 0 saturated carbocycles. The Morgan fingerprint density at radius 3 is 3.12 bits per heavy atom. The van der Waals surface area contributed by atoms with E-state index in [-0.39, 0.29) is 10.6 Å². The number of halogens is 1. The van der Waals surface area contributed by atoms with Gasteiger partial charge in [-0.25, -0.2) is 4.98 Å². The van der Waals surface area contributed by atoms with Crippen molar-refractivity contribution >= 4 is 17.4 Å². The van der Waals surface area contributed by atoms with Crippen LogP contribution in [0.25, 0.3) is 0 Å². The maximum atomic E-state index is 11.5. The largest absolute Gasteiger partial charge is 0.352 e. The number of aromatic nitrogens is 2. The van der Waals surface area contributed by atoms with E-state index in [1.54, 1.807) is 0 Å². The number of hydrogen-bond acceptors (Lipinski definition) is 4. The third kappa shape index (κ3) is 1.65. The van der Waals surface area contributed by atoms with Gasteiger partial charge in [-0.15, -0.1) is 0 Å². The van der Waals surface area contributed by atoms with E-state index in [1.807, 2.05) is 0 Å². The first-order valence-electron chi connectivity index (χ1n) is 5.89. The maximum absolute atomic E-state index is 11.5. The molecule has 92 valence electrons. The Labute approximate surface area is 104 Å². The molecule has 0 amide bonds. The summed E-state index contributed by atoms with van der Waals surface area (Å²) in [6.07, 6.45) is 1.42. The highest BCUT2D eigenvalue weighted by Gasteiger charge is 2.42. The highest BCUT2D eigenvalue weighted by atomic mass is 35.5. The molecule has 2 fully saturated rings. The second-order valence-corrected chi connectivity index (χ2v) is 5.22. The molecule has 0 radical (unpaired) electrons. The van der Waals surface area contributed by atoms with Crippen LogP contribution in [-0.4, -0.2) is 35.6 Å². The maximum Gasteiger partial charge on any atom is 0.271 e. The number of anilines is 1. The highest BCUT2D eigenvalue weighted by molar-refractivity contribution is 6.32. The average Bonchev–Trinajstić information content (AvgIpc) is 2.87. The number of H-pyrrole nitrogens is 1. The van der Waals surface area contributed by atoms with Gasteiger partial charge in [0, 0.05) is 25.7 Å². The van der Waals surface area contributed by atoms with Crippen LogP contribution in [0.3, 0.4) is 0 Å². The van der Waals surface area contributed by atoms with Crippen LogP contribution in [0.2, 0.25) is 5.02 Å². The van der Waals surface area contributed by atoms with E-state index in [1.165, 1.54) is 6.33 Å². The standard InChI is InChI=1S/C11H15ClN4O/c1-6-8-3-13-2-7(8)4-16(6)10-9(12)11(17)15-5-14-10/h5-8,13H,2-4H2,1H3,(H,14,15,17). The van der Waals surface area contributed by atoms with E-state index in [9.17, 15) is 4.79 Å². The molecule has 0 bridgehead atoms. The normalized spacial score (nSPS) is 31.9. The van der Waals surface area contributed by atoms with Crippen LogP contribution in [0, 0.1) is 11.8 Å². The summed E-state index contributed by atoms with van der Waals surface area (Å²) in [5, 5.41) is 3.61. The summed E-state index contributed by atoms with van der Waals surface area (Å²) in [4.78, 5) is 20.4. The molecule has 1 aromatic heterocycles. The smallest absolute Gasteiger partial charge is 0.271 e. The van der Waals surface area contributed by atoms with Gasteiger partial charge in [-0.2, -0.15) is 0 Å². The lowest BCUT2D eigenvalue weighted by Gasteiger charge is -2.25. The fraction of sp³-hybridized carbons (Fsp3) is 0.636. The van der Waals surface area contributed by atoms with E-state index in [2.05, 4.69) is 27.1 Å². The molecule has 2 aliphatic rings. The van der Waals surface area contributed by atoms with Crippen LogP contribution >= 0.6 is 11.6 Å². The zero-order valence-corrected chi connectivity index (χ0v) is 10.4. The Bertz CT molecular complexity index is 489. The van der Waals surface area contributed by atoms with E-state index in [0.717, 1.165) is 19.6 Å². The van der Waals surface area contributed by atoms with Crippen molar-refractivity contribution in [2.24, 2.45) is 11.8 Å². The van der Waals surface area contributed by atoms with Crippen LogP contribution in [0.15, 0.2) is 11.1 Å². The highest BCUT2D eigenvalue weighted by Crippen LogP contribution is 2.36. The van der Waals surface area contributed by atoms with Crippen LogP contribution in [-0.2, 0) is 0 Å². The van der Waals surface area contributed by atoms with Gasteiger partial charge in [0.25, 0.3) is 5.56 Å². The quantitative estimate of drug-likeness (QED) is 0.765. The van der Waals surface area contributed by atoms with Gasteiger partial charge < -0.3 is 15.2 Å². The number of nitrogens with zero attached hydrogens (tertiary/aromatic N) is 2. The van der Waals surface area contributed by atoms with Crippen molar-refractivity contribution in [2.75, 3.05) is 24.5 Å². The summed E-state index contributed by atoms with van der Waals surface area (Å²) >= 11 is 6.03. The van der Waals surface area contributed by atoms with Crippen molar-refractivity contribution in [3.05, 3.63) is 21.7 Å². The van der Waals surface area contributed by atoms with Crippen LogP contribution in [0.4, 0.5) is 5.82 Å². The lowest BCUT2D eigenvalue weighted by molar-refractivity contribution is 0.471. The van der Waals surface area contributed by atoms with Crippen molar-refractivity contribution in [1.82, 2.24) is 15.3 Å². The van der Waals surface area contributed by atoms with Gasteiger partial charge in [-0.3, -0.25) is 4.79 Å². The fourth-order valence-electron chi connectivity index (χ4n) is 3.02. The zero-order valence-electron chi connectivity index (χ0n) is 9.61. The molecule has 2 aliphatic heterocycles. The summed E-state index contributed by atoms with van der Waals surface area (Å²) < 4.78 is 0. The van der Waals surface area contributed by atoms with E-state index in [4.69, 9.17) is 11.6 Å². The molecule has 3 heterocycles. The Kier molecular flexibility index (Phi) is 2.60. The predicted molar refractivity (Wildman–Crippen MR) is 66.5 cm³/mol. The molecule has 3 atom stereocenters. The molecule has 3 rings (SSSR count). The lowest BCUT2D eigenvalue weighted by Crippen LogP contribution is -2.34. The van der Waals surface area contributed by atoms with Gasteiger partial charge in [0.15, 0.2) is 5.82 Å². The predicted octanol–water partition coefficient (Wildman–Crippen LogP) is 0.467. The van der Waals surface area contributed by atoms with Crippen molar-refractivity contribution in [2.45, 2.75) is 13.0 Å². The fourth-order valence-corrected chi connectivity index (χ4v) is 3.23. The number of fused-ring (bicyclic) bond motifs is 1. The molecule has 2 N–H and O–H groups in total. The minimum Gasteiger partial charge on any atom is -0.352 e. The molecule has 2 saturated heterocycles. The first-order valence-corrected chi connectivity index (χ1v) is 6.27. The molecule has 1 aromatic rings. The van der Waals surface area contributed by atoms with Gasteiger partial charge in [0.2, 0.25) is 0 Å². The molecular formula is C11H15ClN4O. The lowest BCUT2D eigenvalue weighted by atomic mass is 9.95. The zero-order chi connectivity index (χ0) is 12.0. The van der Waals surface area contributed by atoms with Gasteiger partial charge in [0.05, 0.1) is 6.33 Å². The van der Waals surface area contributed by atoms with Crippen molar-refractivity contribution in [3.63, 3.8) is 0 Å². The second-order valence-electron chi connectivity index (χ2n) is 4.84. The number of hydrogen-bond donors (Lipinski definition) is 2. The molecule has 5 nitrogen and oxygen atoms in total.